The Morgan fingerprint density at radius 1 is 0.957 bits per heavy atom. The molecule has 1 amide bonds. The van der Waals surface area contributed by atoms with E-state index in [9.17, 15) is 4.79 Å². The van der Waals surface area contributed by atoms with Crippen LogP contribution in [0.2, 0.25) is 0 Å². The van der Waals surface area contributed by atoms with E-state index < -0.39 is 0 Å². The largest absolute Gasteiger partial charge is 0.399 e. The summed E-state index contributed by atoms with van der Waals surface area (Å²) < 4.78 is 0. The van der Waals surface area contributed by atoms with Crippen LogP contribution in [0.15, 0.2) is 48.5 Å². The lowest BCUT2D eigenvalue weighted by molar-refractivity contribution is 0.0747. The minimum absolute atomic E-state index is 0.129. The highest BCUT2D eigenvalue weighted by Gasteiger charge is 2.22. The summed E-state index contributed by atoms with van der Waals surface area (Å²) in [5.41, 5.74) is 9.71. The zero-order valence-electron chi connectivity index (χ0n) is 13.5. The average Bonchev–Trinajstić information content (AvgIpc) is 2.62. The van der Waals surface area contributed by atoms with Crippen molar-refractivity contribution in [3.63, 3.8) is 0 Å². The van der Waals surface area contributed by atoms with Crippen LogP contribution in [0.5, 0.6) is 0 Å². The molecule has 0 saturated carbocycles. The van der Waals surface area contributed by atoms with Gasteiger partial charge in [-0.15, -0.1) is 0 Å². The molecule has 0 radical (unpaired) electrons. The molecule has 0 atom stereocenters. The van der Waals surface area contributed by atoms with E-state index in [1.54, 1.807) is 0 Å². The van der Waals surface area contributed by atoms with Crippen molar-refractivity contribution in [3.8, 4) is 0 Å². The normalized spacial score (nSPS) is 14.8. The van der Waals surface area contributed by atoms with Crippen molar-refractivity contribution in [2.75, 3.05) is 36.8 Å². The molecule has 4 nitrogen and oxygen atoms in total. The van der Waals surface area contributed by atoms with Gasteiger partial charge in [-0.05, 0) is 48.4 Å². The summed E-state index contributed by atoms with van der Waals surface area (Å²) in [5, 5.41) is 0. The molecule has 1 aliphatic heterocycles. The van der Waals surface area contributed by atoms with E-state index in [2.05, 4.69) is 11.8 Å². The Labute approximate surface area is 137 Å². The second-order valence-electron chi connectivity index (χ2n) is 5.92. The minimum atomic E-state index is 0.129. The van der Waals surface area contributed by atoms with Crippen LogP contribution in [0.25, 0.3) is 0 Å². The number of rotatable bonds is 3. The maximum absolute atomic E-state index is 12.6. The zero-order valence-corrected chi connectivity index (χ0v) is 13.5. The van der Waals surface area contributed by atoms with Crippen molar-refractivity contribution in [1.29, 1.82) is 0 Å². The first-order chi connectivity index (χ1) is 11.2. The molecule has 0 unspecified atom stereocenters. The molecule has 23 heavy (non-hydrogen) atoms. The molecule has 0 aromatic heterocycles. The van der Waals surface area contributed by atoms with Gasteiger partial charge < -0.3 is 15.5 Å². The molecule has 0 bridgehead atoms. The molecule has 0 aliphatic carbocycles. The van der Waals surface area contributed by atoms with Gasteiger partial charge in [0.1, 0.15) is 0 Å². The zero-order chi connectivity index (χ0) is 16.2. The Hall–Kier alpha value is -2.49. The van der Waals surface area contributed by atoms with E-state index in [4.69, 9.17) is 5.73 Å². The number of nitrogens with two attached hydrogens (primary N) is 1. The van der Waals surface area contributed by atoms with Gasteiger partial charge in [-0.2, -0.15) is 0 Å². The molecular formula is C19H23N3O. The second kappa shape index (κ2) is 6.73. The fourth-order valence-corrected chi connectivity index (χ4v) is 2.92. The number of amides is 1. The van der Waals surface area contributed by atoms with Gasteiger partial charge in [-0.3, -0.25) is 4.79 Å². The van der Waals surface area contributed by atoms with E-state index in [1.807, 2.05) is 53.4 Å². The molecule has 1 heterocycles. The molecule has 1 aliphatic rings. The molecule has 120 valence electrons. The topological polar surface area (TPSA) is 49.6 Å². The summed E-state index contributed by atoms with van der Waals surface area (Å²) in [5.74, 6) is 0.129. The second-order valence-corrected chi connectivity index (χ2v) is 5.92. The Bertz CT molecular complexity index is 656. The average molecular weight is 309 g/mol. The molecule has 1 saturated heterocycles. The molecular weight excluding hydrogens is 286 g/mol. The Morgan fingerprint density at radius 2 is 1.57 bits per heavy atom. The maximum Gasteiger partial charge on any atom is 0.253 e. The Morgan fingerprint density at radius 3 is 2.13 bits per heavy atom. The monoisotopic (exact) mass is 309 g/mol. The maximum atomic E-state index is 12.6. The van der Waals surface area contributed by atoms with Crippen LogP contribution in [0.3, 0.4) is 0 Å². The van der Waals surface area contributed by atoms with Crippen molar-refractivity contribution < 1.29 is 4.79 Å². The molecule has 4 heteroatoms. The van der Waals surface area contributed by atoms with E-state index in [-0.39, 0.29) is 5.91 Å². The first kappa shape index (κ1) is 15.4. The Balaban J connectivity index is 1.61. The number of aryl methyl sites for hydroxylation is 1. The van der Waals surface area contributed by atoms with Crippen molar-refractivity contribution in [1.82, 2.24) is 4.90 Å². The van der Waals surface area contributed by atoms with Crippen LogP contribution < -0.4 is 10.6 Å². The smallest absolute Gasteiger partial charge is 0.253 e. The van der Waals surface area contributed by atoms with Crippen molar-refractivity contribution >= 4 is 17.3 Å². The Kier molecular flexibility index (Phi) is 4.51. The predicted octanol–water partition coefficient (Wildman–Crippen LogP) is 2.79. The molecule has 1 fully saturated rings. The molecule has 0 spiro atoms. The quantitative estimate of drug-likeness (QED) is 0.887. The predicted molar refractivity (Wildman–Crippen MR) is 94.8 cm³/mol. The fraction of sp³-hybridized carbons (Fsp3) is 0.316. The van der Waals surface area contributed by atoms with Crippen LogP contribution >= 0.6 is 0 Å². The number of carbonyl (C=O) groups excluding carboxylic acids is 1. The number of carbonyl (C=O) groups is 1. The van der Waals surface area contributed by atoms with Crippen LogP contribution in [-0.4, -0.2) is 37.0 Å². The number of anilines is 2. The summed E-state index contributed by atoms with van der Waals surface area (Å²) in [6.07, 6.45) is 0.995. The van der Waals surface area contributed by atoms with Gasteiger partial charge in [0.25, 0.3) is 5.91 Å². The SMILES string of the molecule is CCc1ccc(C(=O)N2CCN(c3ccc(N)cc3)CC2)cc1. The van der Waals surface area contributed by atoms with Gasteiger partial charge >= 0.3 is 0 Å². The highest BCUT2D eigenvalue weighted by Crippen LogP contribution is 2.19. The lowest BCUT2D eigenvalue weighted by atomic mass is 10.1. The number of piperazine rings is 1. The van der Waals surface area contributed by atoms with Gasteiger partial charge in [0.15, 0.2) is 0 Å². The first-order valence-electron chi connectivity index (χ1n) is 8.16. The highest BCUT2D eigenvalue weighted by atomic mass is 16.2. The summed E-state index contributed by atoms with van der Waals surface area (Å²) in [7, 11) is 0. The van der Waals surface area contributed by atoms with Gasteiger partial charge in [0.05, 0.1) is 0 Å². The number of nitrogens with zero attached hydrogens (tertiary/aromatic N) is 2. The van der Waals surface area contributed by atoms with Gasteiger partial charge in [0, 0.05) is 43.1 Å². The fourth-order valence-electron chi connectivity index (χ4n) is 2.92. The first-order valence-corrected chi connectivity index (χ1v) is 8.16. The summed E-state index contributed by atoms with van der Waals surface area (Å²) in [4.78, 5) is 16.8. The standard InChI is InChI=1S/C19H23N3O/c1-2-15-3-5-16(6-4-15)19(23)22-13-11-21(12-14-22)18-9-7-17(20)8-10-18/h3-10H,2,11-14,20H2,1H3. The molecule has 2 aromatic rings. The number of hydrogen-bond donors (Lipinski definition) is 1. The van der Waals surface area contributed by atoms with E-state index in [0.717, 1.165) is 43.9 Å². The highest BCUT2D eigenvalue weighted by molar-refractivity contribution is 5.94. The minimum Gasteiger partial charge on any atom is -0.399 e. The summed E-state index contributed by atoms with van der Waals surface area (Å²) in [6.45, 7) is 5.32. The van der Waals surface area contributed by atoms with Crippen LogP contribution in [0, 0.1) is 0 Å². The third-order valence-electron chi connectivity index (χ3n) is 4.43. The lowest BCUT2D eigenvalue weighted by Crippen LogP contribution is -2.48. The van der Waals surface area contributed by atoms with Gasteiger partial charge in [-0.1, -0.05) is 19.1 Å². The summed E-state index contributed by atoms with van der Waals surface area (Å²) in [6, 6.07) is 15.9. The number of hydrogen-bond acceptors (Lipinski definition) is 3. The molecule has 2 aromatic carbocycles. The molecule has 2 N–H and O–H groups in total. The van der Waals surface area contributed by atoms with Crippen molar-refractivity contribution in [3.05, 3.63) is 59.7 Å². The van der Waals surface area contributed by atoms with Gasteiger partial charge in [-0.25, -0.2) is 0 Å². The number of nitrogen functional groups attached to an aromatic ring is 1. The lowest BCUT2D eigenvalue weighted by Gasteiger charge is -2.36. The molecule has 3 rings (SSSR count). The van der Waals surface area contributed by atoms with Gasteiger partial charge in [0.2, 0.25) is 0 Å². The van der Waals surface area contributed by atoms with Crippen LogP contribution in [0.4, 0.5) is 11.4 Å². The van der Waals surface area contributed by atoms with E-state index in [1.165, 1.54) is 11.3 Å². The van der Waals surface area contributed by atoms with Crippen LogP contribution in [0.1, 0.15) is 22.8 Å². The number of benzene rings is 2. The van der Waals surface area contributed by atoms with E-state index >= 15 is 0 Å². The van der Waals surface area contributed by atoms with Crippen molar-refractivity contribution in [2.24, 2.45) is 0 Å². The van der Waals surface area contributed by atoms with Crippen LogP contribution in [-0.2, 0) is 6.42 Å². The third kappa shape index (κ3) is 3.47. The third-order valence-corrected chi connectivity index (χ3v) is 4.43. The summed E-state index contributed by atoms with van der Waals surface area (Å²) >= 11 is 0. The van der Waals surface area contributed by atoms with Crippen molar-refractivity contribution in [2.45, 2.75) is 13.3 Å². The van der Waals surface area contributed by atoms with E-state index in [0.29, 0.717) is 0 Å².